The van der Waals surface area contributed by atoms with Gasteiger partial charge >= 0.3 is 5.97 Å². The van der Waals surface area contributed by atoms with Crippen LogP contribution < -0.4 is 5.32 Å². The summed E-state index contributed by atoms with van der Waals surface area (Å²) in [6, 6.07) is 0. The van der Waals surface area contributed by atoms with Crippen molar-refractivity contribution in [3.05, 3.63) is 0 Å². The third-order valence-electron chi connectivity index (χ3n) is 3.59. The predicted octanol–water partition coefficient (Wildman–Crippen LogP) is 2.72. The molecule has 1 saturated carbocycles. The normalized spacial score (nSPS) is 15.1. The van der Waals surface area contributed by atoms with E-state index in [4.69, 9.17) is 5.11 Å². The van der Waals surface area contributed by atoms with E-state index in [9.17, 15) is 9.59 Å². The molecule has 1 aliphatic carbocycles. The second-order valence-corrected chi connectivity index (χ2v) is 5.26. The summed E-state index contributed by atoms with van der Waals surface area (Å²) in [6.45, 7) is 0.768. The van der Waals surface area contributed by atoms with E-state index < -0.39 is 5.97 Å². The number of carboxylic acids is 1. The van der Waals surface area contributed by atoms with Gasteiger partial charge in [-0.05, 0) is 31.6 Å². The van der Waals surface area contributed by atoms with Crippen LogP contribution in [0.1, 0.15) is 64.2 Å². The van der Waals surface area contributed by atoms with Gasteiger partial charge in [0, 0.05) is 19.4 Å². The van der Waals surface area contributed by atoms with Gasteiger partial charge in [0.25, 0.3) is 0 Å². The van der Waals surface area contributed by atoms with Crippen LogP contribution in [-0.4, -0.2) is 23.5 Å². The molecule has 0 spiro atoms. The Morgan fingerprint density at radius 2 is 1.72 bits per heavy atom. The standard InChI is InChI=1S/C14H25NO3/c16-13(11-12-7-6-8-12)15-10-5-3-1-2-4-9-14(17)18/h12H,1-11H2,(H,15,16)(H,17,18). The number of rotatable bonds is 10. The van der Waals surface area contributed by atoms with Crippen molar-refractivity contribution in [2.45, 2.75) is 64.2 Å². The molecule has 0 radical (unpaired) electrons. The van der Waals surface area contributed by atoms with Crippen molar-refractivity contribution in [2.75, 3.05) is 6.54 Å². The average Bonchev–Trinajstić information content (AvgIpc) is 2.27. The molecule has 0 aliphatic heterocycles. The minimum Gasteiger partial charge on any atom is -0.481 e. The zero-order chi connectivity index (χ0) is 13.2. The van der Waals surface area contributed by atoms with Crippen LogP contribution in [0.4, 0.5) is 0 Å². The maximum absolute atomic E-state index is 11.5. The van der Waals surface area contributed by atoms with Crippen LogP contribution in [0.5, 0.6) is 0 Å². The lowest BCUT2D eigenvalue weighted by atomic mass is 9.83. The summed E-state index contributed by atoms with van der Waals surface area (Å²) in [5.74, 6) is 0.129. The smallest absolute Gasteiger partial charge is 0.303 e. The first-order chi connectivity index (χ1) is 8.68. The van der Waals surface area contributed by atoms with Crippen molar-refractivity contribution >= 4 is 11.9 Å². The number of nitrogens with one attached hydrogen (secondary N) is 1. The zero-order valence-corrected chi connectivity index (χ0v) is 11.1. The molecule has 4 nitrogen and oxygen atoms in total. The van der Waals surface area contributed by atoms with E-state index in [2.05, 4.69) is 5.32 Å². The number of carboxylic acid groups (broad SMARTS) is 1. The fourth-order valence-corrected chi connectivity index (χ4v) is 2.19. The molecule has 0 bridgehead atoms. The van der Waals surface area contributed by atoms with Gasteiger partial charge < -0.3 is 10.4 Å². The van der Waals surface area contributed by atoms with E-state index in [0.29, 0.717) is 12.3 Å². The molecule has 1 amide bonds. The average molecular weight is 255 g/mol. The van der Waals surface area contributed by atoms with Gasteiger partial charge in [-0.2, -0.15) is 0 Å². The Hall–Kier alpha value is -1.06. The molecule has 0 aromatic carbocycles. The third kappa shape index (κ3) is 7.30. The molecular formula is C14H25NO3. The summed E-state index contributed by atoms with van der Waals surface area (Å²) >= 11 is 0. The number of hydrogen-bond donors (Lipinski definition) is 2. The first-order valence-corrected chi connectivity index (χ1v) is 7.17. The van der Waals surface area contributed by atoms with Crippen LogP contribution >= 0.6 is 0 Å². The summed E-state index contributed by atoms with van der Waals surface area (Å²) in [7, 11) is 0. The first kappa shape index (κ1) is 15.0. The Balaban J connectivity index is 1.80. The molecule has 4 heteroatoms. The van der Waals surface area contributed by atoms with Gasteiger partial charge in [0.15, 0.2) is 0 Å². The van der Waals surface area contributed by atoms with Gasteiger partial charge in [0.05, 0.1) is 0 Å². The molecular weight excluding hydrogens is 230 g/mol. The van der Waals surface area contributed by atoms with Gasteiger partial charge in [0.1, 0.15) is 0 Å². The van der Waals surface area contributed by atoms with E-state index in [1.807, 2.05) is 0 Å². The van der Waals surface area contributed by atoms with Crippen molar-refractivity contribution in [3.63, 3.8) is 0 Å². The van der Waals surface area contributed by atoms with Crippen molar-refractivity contribution in [2.24, 2.45) is 5.92 Å². The molecule has 2 N–H and O–H groups in total. The minimum atomic E-state index is -0.710. The molecule has 0 saturated heterocycles. The lowest BCUT2D eigenvalue weighted by molar-refractivity contribution is -0.137. The van der Waals surface area contributed by atoms with Gasteiger partial charge in [-0.1, -0.05) is 25.7 Å². The lowest BCUT2D eigenvalue weighted by Crippen LogP contribution is -2.28. The lowest BCUT2D eigenvalue weighted by Gasteiger charge is -2.24. The van der Waals surface area contributed by atoms with E-state index >= 15 is 0 Å². The summed E-state index contributed by atoms with van der Waals surface area (Å²) < 4.78 is 0. The first-order valence-electron chi connectivity index (χ1n) is 7.17. The second kappa shape index (κ2) is 8.95. The molecule has 104 valence electrons. The second-order valence-electron chi connectivity index (χ2n) is 5.26. The van der Waals surface area contributed by atoms with Gasteiger partial charge in [-0.25, -0.2) is 0 Å². The van der Waals surface area contributed by atoms with Gasteiger partial charge in [-0.15, -0.1) is 0 Å². The topological polar surface area (TPSA) is 66.4 Å². The Morgan fingerprint density at radius 1 is 1.06 bits per heavy atom. The van der Waals surface area contributed by atoms with Crippen LogP contribution in [0.2, 0.25) is 0 Å². The fraction of sp³-hybridized carbons (Fsp3) is 0.857. The van der Waals surface area contributed by atoms with Gasteiger partial charge in [-0.3, -0.25) is 9.59 Å². The minimum absolute atomic E-state index is 0.200. The maximum atomic E-state index is 11.5. The zero-order valence-electron chi connectivity index (χ0n) is 11.1. The third-order valence-corrected chi connectivity index (χ3v) is 3.59. The number of carbonyl (C=O) groups excluding carboxylic acids is 1. The fourth-order valence-electron chi connectivity index (χ4n) is 2.19. The highest BCUT2D eigenvalue weighted by Gasteiger charge is 2.20. The Morgan fingerprint density at radius 3 is 2.33 bits per heavy atom. The maximum Gasteiger partial charge on any atom is 0.303 e. The van der Waals surface area contributed by atoms with Crippen molar-refractivity contribution < 1.29 is 14.7 Å². The molecule has 0 heterocycles. The molecule has 0 atom stereocenters. The van der Waals surface area contributed by atoms with E-state index in [0.717, 1.165) is 38.6 Å². The quantitative estimate of drug-likeness (QED) is 0.590. The molecule has 0 unspecified atom stereocenters. The monoisotopic (exact) mass is 255 g/mol. The molecule has 1 fully saturated rings. The molecule has 0 aromatic heterocycles. The highest BCUT2D eigenvalue weighted by atomic mass is 16.4. The van der Waals surface area contributed by atoms with Crippen LogP contribution in [0.3, 0.4) is 0 Å². The van der Waals surface area contributed by atoms with E-state index in [1.54, 1.807) is 0 Å². The summed E-state index contributed by atoms with van der Waals surface area (Å²) in [5.41, 5.74) is 0. The summed E-state index contributed by atoms with van der Waals surface area (Å²) in [6.07, 6.45) is 9.59. The van der Waals surface area contributed by atoms with Crippen molar-refractivity contribution in [3.8, 4) is 0 Å². The SMILES string of the molecule is O=C(O)CCCCCCCNC(=O)CC1CCC1. The largest absolute Gasteiger partial charge is 0.481 e. The summed E-state index contributed by atoms with van der Waals surface area (Å²) in [4.78, 5) is 21.8. The van der Waals surface area contributed by atoms with Crippen LogP contribution in [0.15, 0.2) is 0 Å². The predicted molar refractivity (Wildman–Crippen MR) is 70.3 cm³/mol. The van der Waals surface area contributed by atoms with Crippen molar-refractivity contribution in [1.82, 2.24) is 5.32 Å². The van der Waals surface area contributed by atoms with Crippen LogP contribution in [-0.2, 0) is 9.59 Å². The molecule has 1 rings (SSSR count). The molecule has 1 aliphatic rings. The highest BCUT2D eigenvalue weighted by Crippen LogP contribution is 2.28. The van der Waals surface area contributed by atoms with Crippen LogP contribution in [0, 0.1) is 5.92 Å². The van der Waals surface area contributed by atoms with E-state index in [1.165, 1.54) is 19.3 Å². The van der Waals surface area contributed by atoms with E-state index in [-0.39, 0.29) is 12.3 Å². The van der Waals surface area contributed by atoms with Crippen LogP contribution in [0.25, 0.3) is 0 Å². The van der Waals surface area contributed by atoms with Crippen molar-refractivity contribution in [1.29, 1.82) is 0 Å². The number of carbonyl (C=O) groups is 2. The number of aliphatic carboxylic acids is 1. The van der Waals surface area contributed by atoms with Gasteiger partial charge in [0.2, 0.25) is 5.91 Å². The molecule has 18 heavy (non-hydrogen) atoms. The Kier molecular flexibility index (Phi) is 7.46. The molecule has 0 aromatic rings. The Bertz CT molecular complexity index is 262. The number of hydrogen-bond acceptors (Lipinski definition) is 2. The number of amides is 1. The Labute approximate surface area is 109 Å². The highest BCUT2D eigenvalue weighted by molar-refractivity contribution is 5.76. The number of unbranched alkanes of at least 4 members (excludes halogenated alkanes) is 4. The summed E-state index contributed by atoms with van der Waals surface area (Å²) in [5, 5.41) is 11.4.